The standard InChI is InChI=1S/C16H16BrFN2/c1-19-8-9-20(16-5-3-2-4-15(16)19)11-12-6-7-13(18)10-14(12)17/h2-7,10H,8-9,11H2,1H3. The molecule has 0 aliphatic carbocycles. The molecule has 0 fully saturated rings. The number of rotatable bonds is 2. The van der Waals surface area contributed by atoms with Gasteiger partial charge >= 0.3 is 0 Å². The number of likely N-dealkylation sites (N-methyl/N-ethyl adjacent to an activating group) is 1. The van der Waals surface area contributed by atoms with Gasteiger partial charge in [0, 0.05) is 31.2 Å². The molecule has 2 nitrogen and oxygen atoms in total. The average Bonchev–Trinajstić information content (AvgIpc) is 2.45. The van der Waals surface area contributed by atoms with Gasteiger partial charge in [-0.1, -0.05) is 34.1 Å². The van der Waals surface area contributed by atoms with Crippen LogP contribution < -0.4 is 9.80 Å². The second kappa shape index (κ2) is 5.44. The normalized spacial score (nSPS) is 14.3. The van der Waals surface area contributed by atoms with Crippen molar-refractivity contribution in [2.45, 2.75) is 6.54 Å². The number of fused-ring (bicyclic) bond motifs is 1. The SMILES string of the molecule is CN1CCN(Cc2ccc(F)cc2Br)c2ccccc21. The van der Waals surface area contributed by atoms with Crippen molar-refractivity contribution in [3.05, 3.63) is 58.3 Å². The number of hydrogen-bond acceptors (Lipinski definition) is 2. The molecular formula is C16H16BrFN2. The van der Waals surface area contributed by atoms with Crippen LogP contribution in [-0.4, -0.2) is 20.1 Å². The van der Waals surface area contributed by atoms with Crippen LogP contribution >= 0.6 is 15.9 Å². The first-order valence-electron chi connectivity index (χ1n) is 6.64. The van der Waals surface area contributed by atoms with Crippen LogP contribution in [0.25, 0.3) is 0 Å². The third-order valence-electron chi connectivity index (χ3n) is 3.72. The summed E-state index contributed by atoms with van der Waals surface area (Å²) in [7, 11) is 2.12. The highest BCUT2D eigenvalue weighted by molar-refractivity contribution is 9.10. The molecule has 3 rings (SSSR count). The van der Waals surface area contributed by atoms with Crippen molar-refractivity contribution >= 4 is 27.3 Å². The molecule has 0 spiro atoms. The minimum absolute atomic E-state index is 0.209. The maximum atomic E-state index is 13.2. The van der Waals surface area contributed by atoms with E-state index in [1.54, 1.807) is 0 Å². The maximum absolute atomic E-state index is 13.2. The monoisotopic (exact) mass is 334 g/mol. The summed E-state index contributed by atoms with van der Waals surface area (Å²) in [5.74, 6) is -0.209. The Morgan fingerprint density at radius 1 is 1.10 bits per heavy atom. The molecule has 1 aliphatic rings. The summed E-state index contributed by atoms with van der Waals surface area (Å²) in [6.07, 6.45) is 0. The number of halogens is 2. The van der Waals surface area contributed by atoms with Crippen molar-refractivity contribution < 1.29 is 4.39 Å². The van der Waals surface area contributed by atoms with Gasteiger partial charge in [0.25, 0.3) is 0 Å². The van der Waals surface area contributed by atoms with Gasteiger partial charge in [0.15, 0.2) is 0 Å². The number of nitrogens with zero attached hydrogens (tertiary/aromatic N) is 2. The molecule has 4 heteroatoms. The van der Waals surface area contributed by atoms with Gasteiger partial charge in [0.1, 0.15) is 5.82 Å². The minimum Gasteiger partial charge on any atom is -0.371 e. The Kier molecular flexibility index (Phi) is 3.66. The Bertz CT molecular complexity index is 630. The van der Waals surface area contributed by atoms with Gasteiger partial charge in [-0.3, -0.25) is 0 Å². The van der Waals surface area contributed by atoms with E-state index >= 15 is 0 Å². The molecule has 0 aromatic heterocycles. The predicted molar refractivity (Wildman–Crippen MR) is 84.9 cm³/mol. The largest absolute Gasteiger partial charge is 0.371 e. The van der Waals surface area contributed by atoms with Gasteiger partial charge in [0.05, 0.1) is 11.4 Å². The molecule has 0 saturated carbocycles. The Balaban J connectivity index is 1.90. The van der Waals surface area contributed by atoms with E-state index in [2.05, 4.69) is 57.0 Å². The quantitative estimate of drug-likeness (QED) is 0.817. The molecule has 1 heterocycles. The second-order valence-electron chi connectivity index (χ2n) is 5.07. The number of hydrogen-bond donors (Lipinski definition) is 0. The van der Waals surface area contributed by atoms with E-state index in [9.17, 15) is 4.39 Å². The fraction of sp³-hybridized carbons (Fsp3) is 0.250. The van der Waals surface area contributed by atoms with Crippen molar-refractivity contribution in [3.63, 3.8) is 0 Å². The van der Waals surface area contributed by atoms with E-state index in [0.717, 1.165) is 29.7 Å². The van der Waals surface area contributed by atoms with Crippen molar-refractivity contribution in [2.24, 2.45) is 0 Å². The lowest BCUT2D eigenvalue weighted by Gasteiger charge is -2.37. The average molecular weight is 335 g/mol. The molecule has 2 aromatic rings. The lowest BCUT2D eigenvalue weighted by Crippen LogP contribution is -2.38. The zero-order valence-electron chi connectivity index (χ0n) is 11.3. The van der Waals surface area contributed by atoms with Gasteiger partial charge in [-0.2, -0.15) is 0 Å². The van der Waals surface area contributed by atoms with Crippen LogP contribution in [0.5, 0.6) is 0 Å². The molecule has 0 radical (unpaired) electrons. The fourth-order valence-corrected chi connectivity index (χ4v) is 3.06. The van der Waals surface area contributed by atoms with Crippen molar-refractivity contribution in [2.75, 3.05) is 29.9 Å². The molecule has 0 saturated heterocycles. The van der Waals surface area contributed by atoms with Crippen LogP contribution in [0.15, 0.2) is 46.9 Å². The van der Waals surface area contributed by atoms with Crippen molar-refractivity contribution in [3.8, 4) is 0 Å². The third kappa shape index (κ3) is 2.52. The first-order chi connectivity index (χ1) is 9.65. The summed E-state index contributed by atoms with van der Waals surface area (Å²) in [6.45, 7) is 2.75. The lowest BCUT2D eigenvalue weighted by molar-refractivity contribution is 0.625. The van der Waals surface area contributed by atoms with E-state index in [4.69, 9.17) is 0 Å². The van der Waals surface area contributed by atoms with Gasteiger partial charge in [-0.25, -0.2) is 4.39 Å². The van der Waals surface area contributed by atoms with E-state index in [1.807, 2.05) is 6.07 Å². The summed E-state index contributed by atoms with van der Waals surface area (Å²) in [5, 5.41) is 0. The van der Waals surface area contributed by atoms with E-state index < -0.39 is 0 Å². The summed E-state index contributed by atoms with van der Waals surface area (Å²) >= 11 is 3.45. The van der Waals surface area contributed by atoms with Crippen LogP contribution in [0, 0.1) is 5.82 Å². The summed E-state index contributed by atoms with van der Waals surface area (Å²) < 4.78 is 14.0. The molecule has 1 aliphatic heterocycles. The Morgan fingerprint density at radius 2 is 1.85 bits per heavy atom. The van der Waals surface area contributed by atoms with Crippen LogP contribution in [0.3, 0.4) is 0 Å². The minimum atomic E-state index is -0.209. The highest BCUT2D eigenvalue weighted by Crippen LogP contribution is 2.33. The van der Waals surface area contributed by atoms with Crippen molar-refractivity contribution in [1.82, 2.24) is 0 Å². The lowest BCUT2D eigenvalue weighted by atomic mass is 10.1. The van der Waals surface area contributed by atoms with Crippen LogP contribution in [0.2, 0.25) is 0 Å². The van der Waals surface area contributed by atoms with Crippen molar-refractivity contribution in [1.29, 1.82) is 0 Å². The highest BCUT2D eigenvalue weighted by atomic mass is 79.9. The van der Waals surface area contributed by atoms with Gasteiger partial charge in [0.2, 0.25) is 0 Å². The molecular weight excluding hydrogens is 319 g/mol. The number of anilines is 2. The third-order valence-corrected chi connectivity index (χ3v) is 4.45. The molecule has 0 bridgehead atoms. The first kappa shape index (κ1) is 13.4. The Morgan fingerprint density at radius 3 is 2.60 bits per heavy atom. The summed E-state index contributed by atoms with van der Waals surface area (Å²) in [6, 6.07) is 13.3. The molecule has 2 aromatic carbocycles. The van der Waals surface area contributed by atoms with Crippen LogP contribution in [0.1, 0.15) is 5.56 Å². The maximum Gasteiger partial charge on any atom is 0.124 e. The zero-order chi connectivity index (χ0) is 14.1. The summed E-state index contributed by atoms with van der Waals surface area (Å²) in [4.78, 5) is 4.61. The van der Waals surface area contributed by atoms with Gasteiger partial charge in [-0.05, 0) is 29.8 Å². The number of benzene rings is 2. The molecule has 0 amide bonds. The fourth-order valence-electron chi connectivity index (χ4n) is 2.59. The van der Waals surface area contributed by atoms with E-state index in [1.165, 1.54) is 23.5 Å². The number of para-hydroxylation sites is 2. The molecule has 104 valence electrons. The zero-order valence-corrected chi connectivity index (χ0v) is 12.9. The Labute approximate surface area is 126 Å². The van der Waals surface area contributed by atoms with E-state index in [0.29, 0.717) is 0 Å². The second-order valence-corrected chi connectivity index (χ2v) is 5.92. The van der Waals surface area contributed by atoms with Gasteiger partial charge < -0.3 is 9.80 Å². The molecule has 20 heavy (non-hydrogen) atoms. The first-order valence-corrected chi connectivity index (χ1v) is 7.43. The molecule has 0 unspecified atom stereocenters. The molecule has 0 atom stereocenters. The van der Waals surface area contributed by atoms with Gasteiger partial charge in [-0.15, -0.1) is 0 Å². The highest BCUT2D eigenvalue weighted by Gasteiger charge is 2.20. The topological polar surface area (TPSA) is 6.48 Å². The van der Waals surface area contributed by atoms with Crippen LogP contribution in [-0.2, 0) is 6.54 Å². The smallest absolute Gasteiger partial charge is 0.124 e. The van der Waals surface area contributed by atoms with E-state index in [-0.39, 0.29) is 5.82 Å². The Hall–Kier alpha value is -1.55. The van der Waals surface area contributed by atoms with Crippen LogP contribution in [0.4, 0.5) is 15.8 Å². The predicted octanol–water partition coefficient (Wildman–Crippen LogP) is 4.04. The molecule has 0 N–H and O–H groups in total. The summed E-state index contributed by atoms with van der Waals surface area (Å²) in [5.41, 5.74) is 3.58.